The highest BCUT2D eigenvalue weighted by Crippen LogP contribution is 2.20. The van der Waals surface area contributed by atoms with Crippen molar-refractivity contribution in [3.8, 4) is 0 Å². The second kappa shape index (κ2) is 4.99. The minimum absolute atomic E-state index is 0.0857. The zero-order valence-electron chi connectivity index (χ0n) is 10.7. The van der Waals surface area contributed by atoms with Gasteiger partial charge in [-0.2, -0.15) is 4.31 Å². The van der Waals surface area contributed by atoms with Crippen molar-refractivity contribution in [2.45, 2.75) is 44.4 Å². The van der Waals surface area contributed by atoms with Crippen molar-refractivity contribution in [1.82, 2.24) is 13.9 Å². The van der Waals surface area contributed by atoms with E-state index in [1.807, 2.05) is 11.5 Å². The minimum Gasteiger partial charge on any atom is -0.392 e. The highest BCUT2D eigenvalue weighted by Gasteiger charge is 2.33. The van der Waals surface area contributed by atoms with E-state index in [-0.39, 0.29) is 11.6 Å². The summed E-state index contributed by atoms with van der Waals surface area (Å²) in [5.41, 5.74) is 0. The van der Waals surface area contributed by atoms with Crippen LogP contribution in [0.5, 0.6) is 0 Å². The highest BCUT2D eigenvalue weighted by atomic mass is 32.2. The number of sulfonamides is 1. The Morgan fingerprint density at radius 1 is 1.56 bits per heavy atom. The molecule has 0 unspecified atom stereocenters. The summed E-state index contributed by atoms with van der Waals surface area (Å²) in [6.45, 7) is 5.13. The third kappa shape index (κ3) is 2.43. The highest BCUT2D eigenvalue weighted by molar-refractivity contribution is 7.89. The topological polar surface area (TPSA) is 75.4 Å². The van der Waals surface area contributed by atoms with Gasteiger partial charge >= 0.3 is 0 Å². The molecule has 0 spiro atoms. The number of imidazole rings is 1. The normalized spacial score (nSPS) is 21.6. The van der Waals surface area contributed by atoms with Crippen LogP contribution in [0.3, 0.4) is 0 Å². The van der Waals surface area contributed by atoms with Crippen LogP contribution < -0.4 is 0 Å². The number of hydrogen-bond acceptors (Lipinski definition) is 4. The maximum Gasteiger partial charge on any atom is 0.262 e. The average Bonchev–Trinajstić information content (AvgIpc) is 2.87. The summed E-state index contributed by atoms with van der Waals surface area (Å²) in [7, 11) is -3.55. The molecule has 0 aromatic carbocycles. The molecule has 1 aromatic heterocycles. The molecule has 2 heterocycles. The molecule has 1 aliphatic heterocycles. The van der Waals surface area contributed by atoms with Crippen molar-refractivity contribution in [2.24, 2.45) is 0 Å². The van der Waals surface area contributed by atoms with Gasteiger partial charge in [-0.25, -0.2) is 13.4 Å². The lowest BCUT2D eigenvalue weighted by Crippen LogP contribution is -2.30. The van der Waals surface area contributed by atoms with Crippen LogP contribution in [-0.2, 0) is 16.6 Å². The van der Waals surface area contributed by atoms with Crippen LogP contribution in [0.25, 0.3) is 0 Å². The fraction of sp³-hybridized carbons (Fsp3) is 0.727. The zero-order valence-corrected chi connectivity index (χ0v) is 11.5. The second-order valence-corrected chi connectivity index (χ2v) is 6.51. The quantitative estimate of drug-likeness (QED) is 0.859. The van der Waals surface area contributed by atoms with Gasteiger partial charge in [0.2, 0.25) is 0 Å². The number of β-amino-alcohol motifs (C(OH)–C–C–N with tert-alkyl or cyclic N) is 1. The van der Waals surface area contributed by atoms with Crippen LogP contribution in [0.4, 0.5) is 0 Å². The lowest BCUT2D eigenvalue weighted by Gasteiger charge is -2.13. The molecule has 6 nitrogen and oxygen atoms in total. The Hall–Kier alpha value is -0.920. The smallest absolute Gasteiger partial charge is 0.262 e. The molecular formula is C11H19N3O3S. The Morgan fingerprint density at radius 3 is 2.83 bits per heavy atom. The van der Waals surface area contributed by atoms with Gasteiger partial charge in [0.15, 0.2) is 5.03 Å². The Morgan fingerprint density at radius 2 is 2.28 bits per heavy atom. The van der Waals surface area contributed by atoms with E-state index in [4.69, 9.17) is 0 Å². The monoisotopic (exact) mass is 273 g/mol. The molecule has 18 heavy (non-hydrogen) atoms. The third-order valence-electron chi connectivity index (χ3n) is 3.15. The van der Waals surface area contributed by atoms with Gasteiger partial charge in [-0.1, -0.05) is 6.92 Å². The third-order valence-corrected chi connectivity index (χ3v) is 4.89. The van der Waals surface area contributed by atoms with Crippen molar-refractivity contribution in [2.75, 3.05) is 13.1 Å². The van der Waals surface area contributed by atoms with Crippen LogP contribution in [0.15, 0.2) is 11.2 Å². The number of hydrogen-bond donors (Lipinski definition) is 1. The van der Waals surface area contributed by atoms with E-state index in [9.17, 15) is 13.5 Å². The van der Waals surface area contributed by atoms with Gasteiger partial charge in [0.05, 0.1) is 6.10 Å². The number of aryl methyl sites for hydroxylation is 2. The van der Waals surface area contributed by atoms with Gasteiger partial charge in [-0.05, 0) is 19.8 Å². The molecule has 102 valence electrons. The summed E-state index contributed by atoms with van der Waals surface area (Å²) >= 11 is 0. The Bertz CT molecular complexity index is 524. The van der Waals surface area contributed by atoms with Gasteiger partial charge < -0.3 is 9.67 Å². The summed E-state index contributed by atoms with van der Waals surface area (Å²) in [6.07, 6.45) is 2.45. The SMILES string of the molecule is CCCn1cc(S(=O)(=O)N2CC[C@@H](O)C2)nc1C. The van der Waals surface area contributed by atoms with Crippen molar-refractivity contribution in [3.63, 3.8) is 0 Å². The standard InChI is InChI=1S/C11H19N3O3S/c1-3-5-13-8-11(12-9(13)2)18(16,17)14-6-4-10(15)7-14/h8,10,15H,3-7H2,1-2H3/t10-/m1/s1. The van der Waals surface area contributed by atoms with E-state index >= 15 is 0 Å². The number of aliphatic hydroxyl groups is 1. The summed E-state index contributed by atoms with van der Waals surface area (Å²) in [5, 5.41) is 9.51. The van der Waals surface area contributed by atoms with E-state index in [1.165, 1.54) is 4.31 Å². The van der Waals surface area contributed by atoms with Gasteiger partial charge in [-0.15, -0.1) is 0 Å². The van der Waals surface area contributed by atoms with E-state index in [1.54, 1.807) is 13.1 Å². The molecule has 1 aromatic rings. The number of aromatic nitrogens is 2. The van der Waals surface area contributed by atoms with E-state index in [0.717, 1.165) is 13.0 Å². The number of nitrogens with zero attached hydrogens (tertiary/aromatic N) is 3. The van der Waals surface area contributed by atoms with Crippen LogP contribution in [0.1, 0.15) is 25.6 Å². The van der Waals surface area contributed by atoms with Crippen molar-refractivity contribution in [1.29, 1.82) is 0 Å². The fourth-order valence-corrected chi connectivity index (χ4v) is 3.62. The van der Waals surface area contributed by atoms with Crippen LogP contribution in [0, 0.1) is 6.92 Å². The number of rotatable bonds is 4. The molecule has 0 saturated carbocycles. The first-order valence-corrected chi connectivity index (χ1v) is 7.61. The fourth-order valence-electron chi connectivity index (χ4n) is 2.13. The molecular weight excluding hydrogens is 254 g/mol. The van der Waals surface area contributed by atoms with Crippen molar-refractivity contribution < 1.29 is 13.5 Å². The summed E-state index contributed by atoms with van der Waals surface area (Å²) in [4.78, 5) is 4.12. The molecule has 0 bridgehead atoms. The maximum atomic E-state index is 12.3. The molecule has 0 amide bonds. The Labute approximate surface area is 107 Å². The summed E-state index contributed by atoms with van der Waals surface area (Å²) < 4.78 is 27.7. The predicted molar refractivity (Wildman–Crippen MR) is 66.6 cm³/mol. The average molecular weight is 273 g/mol. The predicted octanol–water partition coefficient (Wildman–Crippen LogP) is 0.357. The van der Waals surface area contributed by atoms with Gasteiger partial charge in [0, 0.05) is 25.8 Å². The summed E-state index contributed by atoms with van der Waals surface area (Å²) in [5.74, 6) is 0.704. The first-order valence-electron chi connectivity index (χ1n) is 6.17. The Kier molecular flexibility index (Phi) is 3.74. The molecule has 0 aliphatic carbocycles. The molecule has 2 rings (SSSR count). The van der Waals surface area contributed by atoms with Crippen LogP contribution in [-0.4, -0.2) is 46.6 Å². The first kappa shape index (κ1) is 13.5. The summed E-state index contributed by atoms with van der Waals surface area (Å²) in [6, 6.07) is 0. The maximum absolute atomic E-state index is 12.3. The Balaban J connectivity index is 2.27. The van der Waals surface area contributed by atoms with Gasteiger partial charge in [0.1, 0.15) is 5.82 Å². The van der Waals surface area contributed by atoms with Crippen molar-refractivity contribution >= 4 is 10.0 Å². The second-order valence-electron chi connectivity index (χ2n) is 4.63. The minimum atomic E-state index is -3.55. The lowest BCUT2D eigenvalue weighted by molar-refractivity contribution is 0.189. The lowest BCUT2D eigenvalue weighted by atomic mass is 10.3. The van der Waals surface area contributed by atoms with Crippen LogP contribution in [0.2, 0.25) is 0 Å². The molecule has 7 heteroatoms. The molecule has 1 N–H and O–H groups in total. The molecule has 0 radical (unpaired) electrons. The molecule has 1 atom stereocenters. The molecule has 1 fully saturated rings. The molecule has 1 saturated heterocycles. The van der Waals surface area contributed by atoms with Gasteiger partial charge in [-0.3, -0.25) is 0 Å². The van der Waals surface area contributed by atoms with E-state index in [2.05, 4.69) is 4.98 Å². The zero-order chi connectivity index (χ0) is 13.3. The van der Waals surface area contributed by atoms with Crippen LogP contribution >= 0.6 is 0 Å². The van der Waals surface area contributed by atoms with Gasteiger partial charge in [0.25, 0.3) is 10.0 Å². The first-order chi connectivity index (χ1) is 8.45. The number of aliphatic hydroxyl groups excluding tert-OH is 1. The largest absolute Gasteiger partial charge is 0.392 e. The van der Waals surface area contributed by atoms with E-state index < -0.39 is 16.1 Å². The van der Waals surface area contributed by atoms with E-state index in [0.29, 0.717) is 18.8 Å². The van der Waals surface area contributed by atoms with Crippen molar-refractivity contribution in [3.05, 3.63) is 12.0 Å². The molecule has 1 aliphatic rings.